The summed E-state index contributed by atoms with van der Waals surface area (Å²) in [7, 11) is 3.21. The molecule has 0 aliphatic carbocycles. The average Bonchev–Trinajstić information content (AvgIpc) is 2.55. The molecule has 0 heterocycles. The van der Waals surface area contributed by atoms with Gasteiger partial charge in [-0.3, -0.25) is 0 Å². The van der Waals surface area contributed by atoms with E-state index in [9.17, 15) is 4.79 Å². The van der Waals surface area contributed by atoms with Crippen molar-refractivity contribution in [1.29, 1.82) is 0 Å². The SMILES string of the molecule is COCc1cccc(CNC(=O)Nc2ccc(OC)cc2Cl)c1. The molecular weight excluding hydrogens is 316 g/mol. The molecular formula is C17H19ClN2O3. The quantitative estimate of drug-likeness (QED) is 0.844. The molecule has 0 aromatic heterocycles. The summed E-state index contributed by atoms with van der Waals surface area (Å²) in [6, 6.07) is 12.6. The fourth-order valence-electron chi connectivity index (χ4n) is 2.07. The maximum absolute atomic E-state index is 12.0. The van der Waals surface area contributed by atoms with Gasteiger partial charge in [-0.1, -0.05) is 35.9 Å². The highest BCUT2D eigenvalue weighted by Gasteiger charge is 2.07. The van der Waals surface area contributed by atoms with Gasteiger partial charge < -0.3 is 20.1 Å². The minimum Gasteiger partial charge on any atom is -0.497 e. The number of anilines is 1. The number of rotatable bonds is 6. The van der Waals surface area contributed by atoms with Crippen LogP contribution in [0.2, 0.25) is 5.02 Å². The van der Waals surface area contributed by atoms with Crippen molar-refractivity contribution in [1.82, 2.24) is 5.32 Å². The van der Waals surface area contributed by atoms with Gasteiger partial charge in [0.15, 0.2) is 0 Å². The van der Waals surface area contributed by atoms with Crippen molar-refractivity contribution in [3.05, 3.63) is 58.6 Å². The van der Waals surface area contributed by atoms with E-state index in [2.05, 4.69) is 10.6 Å². The fraction of sp³-hybridized carbons (Fsp3) is 0.235. The Labute approximate surface area is 140 Å². The van der Waals surface area contributed by atoms with Gasteiger partial charge in [-0.05, 0) is 23.3 Å². The third kappa shape index (κ3) is 5.16. The molecule has 6 heteroatoms. The van der Waals surface area contributed by atoms with Gasteiger partial charge in [0.25, 0.3) is 0 Å². The van der Waals surface area contributed by atoms with E-state index in [1.165, 1.54) is 0 Å². The van der Waals surface area contributed by atoms with E-state index in [-0.39, 0.29) is 6.03 Å². The molecule has 2 aromatic rings. The molecule has 2 amide bonds. The minimum atomic E-state index is -0.325. The summed E-state index contributed by atoms with van der Waals surface area (Å²) in [5, 5.41) is 5.92. The summed E-state index contributed by atoms with van der Waals surface area (Å²) < 4.78 is 10.2. The molecule has 2 N–H and O–H groups in total. The van der Waals surface area contributed by atoms with E-state index < -0.39 is 0 Å². The molecule has 0 atom stereocenters. The number of ether oxygens (including phenoxy) is 2. The van der Waals surface area contributed by atoms with E-state index in [0.717, 1.165) is 11.1 Å². The van der Waals surface area contributed by atoms with Crippen LogP contribution in [-0.2, 0) is 17.9 Å². The predicted molar refractivity (Wildman–Crippen MR) is 91.0 cm³/mol. The first kappa shape index (κ1) is 17.1. The van der Waals surface area contributed by atoms with Gasteiger partial charge >= 0.3 is 6.03 Å². The van der Waals surface area contributed by atoms with Gasteiger partial charge in [-0.15, -0.1) is 0 Å². The van der Waals surface area contributed by atoms with E-state index in [1.807, 2.05) is 24.3 Å². The summed E-state index contributed by atoms with van der Waals surface area (Å²) in [4.78, 5) is 12.0. The largest absolute Gasteiger partial charge is 0.497 e. The number of urea groups is 1. The fourth-order valence-corrected chi connectivity index (χ4v) is 2.29. The van der Waals surface area contributed by atoms with Crippen molar-refractivity contribution >= 4 is 23.3 Å². The Morgan fingerprint density at radius 3 is 2.61 bits per heavy atom. The lowest BCUT2D eigenvalue weighted by molar-refractivity contribution is 0.185. The lowest BCUT2D eigenvalue weighted by Crippen LogP contribution is -2.28. The Hall–Kier alpha value is -2.24. The van der Waals surface area contributed by atoms with Crippen molar-refractivity contribution < 1.29 is 14.3 Å². The summed E-state index contributed by atoms with van der Waals surface area (Å²) in [6.07, 6.45) is 0. The van der Waals surface area contributed by atoms with Crippen LogP contribution in [0.3, 0.4) is 0 Å². The molecule has 0 aliphatic heterocycles. The zero-order valence-corrected chi connectivity index (χ0v) is 13.8. The third-order valence-corrected chi connectivity index (χ3v) is 3.49. The lowest BCUT2D eigenvalue weighted by Gasteiger charge is -2.10. The summed E-state index contributed by atoms with van der Waals surface area (Å²) in [6.45, 7) is 0.957. The Balaban J connectivity index is 1.91. The van der Waals surface area contributed by atoms with Crippen molar-refractivity contribution in [2.45, 2.75) is 13.2 Å². The first-order chi connectivity index (χ1) is 11.1. The van der Waals surface area contributed by atoms with Crippen LogP contribution >= 0.6 is 11.6 Å². The predicted octanol–water partition coefficient (Wildman–Crippen LogP) is 3.82. The van der Waals surface area contributed by atoms with Crippen molar-refractivity contribution in [3.8, 4) is 5.75 Å². The van der Waals surface area contributed by atoms with Crippen LogP contribution in [0.4, 0.5) is 10.5 Å². The Bertz CT molecular complexity index is 677. The number of methoxy groups -OCH3 is 2. The normalized spacial score (nSPS) is 10.2. The summed E-state index contributed by atoms with van der Waals surface area (Å²) in [5.41, 5.74) is 2.58. The maximum Gasteiger partial charge on any atom is 0.319 e. The van der Waals surface area contributed by atoms with E-state index >= 15 is 0 Å². The minimum absolute atomic E-state index is 0.325. The van der Waals surface area contributed by atoms with Gasteiger partial charge in [0.1, 0.15) is 5.75 Å². The Kier molecular flexibility index (Phi) is 6.26. The highest BCUT2D eigenvalue weighted by Crippen LogP contribution is 2.26. The molecule has 5 nitrogen and oxygen atoms in total. The van der Waals surface area contributed by atoms with Gasteiger partial charge in [0.2, 0.25) is 0 Å². The first-order valence-corrected chi connectivity index (χ1v) is 7.45. The standard InChI is InChI=1S/C17H19ClN2O3/c1-22-11-13-5-3-4-12(8-13)10-19-17(21)20-16-7-6-14(23-2)9-15(16)18/h3-9H,10-11H2,1-2H3,(H2,19,20,21). The number of benzene rings is 2. The highest BCUT2D eigenvalue weighted by molar-refractivity contribution is 6.33. The molecule has 0 fully saturated rings. The topological polar surface area (TPSA) is 59.6 Å². The summed E-state index contributed by atoms with van der Waals surface area (Å²) in [5.74, 6) is 0.635. The third-order valence-electron chi connectivity index (χ3n) is 3.18. The van der Waals surface area contributed by atoms with Crippen molar-refractivity contribution in [3.63, 3.8) is 0 Å². The number of hydrogen-bond donors (Lipinski definition) is 2. The molecule has 122 valence electrons. The molecule has 0 aliphatic rings. The van der Waals surface area contributed by atoms with Crippen LogP contribution < -0.4 is 15.4 Å². The Morgan fingerprint density at radius 1 is 1.13 bits per heavy atom. The lowest BCUT2D eigenvalue weighted by atomic mass is 10.1. The Morgan fingerprint density at radius 2 is 1.91 bits per heavy atom. The first-order valence-electron chi connectivity index (χ1n) is 7.07. The molecule has 0 bridgehead atoms. The molecule has 2 aromatic carbocycles. The van der Waals surface area contributed by atoms with Crippen LogP contribution in [0.1, 0.15) is 11.1 Å². The highest BCUT2D eigenvalue weighted by atomic mass is 35.5. The van der Waals surface area contributed by atoms with Crippen LogP contribution in [-0.4, -0.2) is 20.3 Å². The van der Waals surface area contributed by atoms with Crippen LogP contribution in [0.5, 0.6) is 5.75 Å². The molecule has 2 rings (SSSR count). The van der Waals surface area contributed by atoms with Gasteiger partial charge in [0, 0.05) is 19.7 Å². The molecule has 0 spiro atoms. The second-order valence-corrected chi connectivity index (χ2v) is 5.31. The number of amides is 2. The second kappa shape index (κ2) is 8.41. The summed E-state index contributed by atoms with van der Waals surface area (Å²) >= 11 is 6.09. The van der Waals surface area contributed by atoms with Crippen LogP contribution in [0.25, 0.3) is 0 Å². The number of halogens is 1. The van der Waals surface area contributed by atoms with E-state index in [4.69, 9.17) is 21.1 Å². The van der Waals surface area contributed by atoms with Gasteiger partial charge in [0.05, 0.1) is 24.4 Å². The monoisotopic (exact) mass is 334 g/mol. The zero-order chi connectivity index (χ0) is 16.7. The molecule has 0 radical (unpaired) electrons. The second-order valence-electron chi connectivity index (χ2n) is 4.91. The molecule has 0 unspecified atom stereocenters. The number of hydrogen-bond acceptors (Lipinski definition) is 3. The molecule has 0 saturated carbocycles. The smallest absolute Gasteiger partial charge is 0.319 e. The van der Waals surface area contributed by atoms with Crippen LogP contribution in [0, 0.1) is 0 Å². The number of carbonyl (C=O) groups is 1. The maximum atomic E-state index is 12.0. The van der Waals surface area contributed by atoms with Crippen molar-refractivity contribution in [2.24, 2.45) is 0 Å². The number of carbonyl (C=O) groups excluding carboxylic acids is 1. The molecule has 23 heavy (non-hydrogen) atoms. The van der Waals surface area contributed by atoms with Gasteiger partial charge in [-0.2, -0.15) is 0 Å². The van der Waals surface area contributed by atoms with E-state index in [1.54, 1.807) is 32.4 Å². The van der Waals surface area contributed by atoms with E-state index in [0.29, 0.717) is 29.6 Å². The average molecular weight is 335 g/mol. The molecule has 0 saturated heterocycles. The zero-order valence-electron chi connectivity index (χ0n) is 13.1. The number of nitrogens with one attached hydrogen (secondary N) is 2. The van der Waals surface area contributed by atoms with Crippen LogP contribution in [0.15, 0.2) is 42.5 Å². The van der Waals surface area contributed by atoms with Crippen molar-refractivity contribution in [2.75, 3.05) is 19.5 Å². The van der Waals surface area contributed by atoms with Gasteiger partial charge in [-0.25, -0.2) is 4.79 Å².